The van der Waals surface area contributed by atoms with Gasteiger partial charge in [0.25, 0.3) is 0 Å². The van der Waals surface area contributed by atoms with Gasteiger partial charge < -0.3 is 5.73 Å². The lowest BCUT2D eigenvalue weighted by molar-refractivity contribution is -0.119. The van der Waals surface area contributed by atoms with Crippen LogP contribution in [-0.4, -0.2) is 24.0 Å². The molecule has 0 saturated carbocycles. The van der Waals surface area contributed by atoms with E-state index in [1.54, 1.807) is 19.3 Å². The van der Waals surface area contributed by atoms with Crippen LogP contribution in [0.3, 0.4) is 0 Å². The zero-order chi connectivity index (χ0) is 12.0. The second kappa shape index (κ2) is 6.23. The van der Waals surface area contributed by atoms with E-state index < -0.39 is 6.04 Å². The number of nitrogens with two attached hydrogens (primary N) is 1. The molecule has 1 amide bonds. The molecule has 0 spiro atoms. The van der Waals surface area contributed by atoms with Gasteiger partial charge in [-0.2, -0.15) is 0 Å². The van der Waals surface area contributed by atoms with Crippen LogP contribution in [0.15, 0.2) is 24.4 Å². The Labute approximate surface area is 96.5 Å². The maximum Gasteiger partial charge on any atom is 0.244 e. The van der Waals surface area contributed by atoms with Crippen molar-refractivity contribution in [1.29, 1.82) is 0 Å². The van der Waals surface area contributed by atoms with Crippen LogP contribution in [0.25, 0.3) is 0 Å². The SMILES string of the molecule is CCCC[C@H](N)C(=O)N(C)c1ccccn1. The number of rotatable bonds is 5. The molecule has 2 N–H and O–H groups in total. The first kappa shape index (κ1) is 12.6. The summed E-state index contributed by atoms with van der Waals surface area (Å²) in [5.74, 6) is 0.562. The molecular weight excluding hydrogens is 202 g/mol. The highest BCUT2D eigenvalue weighted by Gasteiger charge is 2.18. The van der Waals surface area contributed by atoms with E-state index in [1.165, 1.54) is 4.90 Å². The third-order valence-corrected chi connectivity index (χ3v) is 2.51. The zero-order valence-corrected chi connectivity index (χ0v) is 9.89. The highest BCUT2D eigenvalue weighted by molar-refractivity contribution is 5.95. The third-order valence-electron chi connectivity index (χ3n) is 2.51. The predicted octanol–water partition coefficient (Wildman–Crippen LogP) is 1.56. The maximum atomic E-state index is 11.9. The molecule has 88 valence electrons. The van der Waals surface area contributed by atoms with Gasteiger partial charge >= 0.3 is 0 Å². The normalized spacial score (nSPS) is 12.2. The molecular formula is C12H19N3O. The van der Waals surface area contributed by atoms with Crippen molar-refractivity contribution >= 4 is 11.7 Å². The minimum atomic E-state index is -0.424. The first-order valence-corrected chi connectivity index (χ1v) is 5.61. The molecule has 4 heteroatoms. The lowest BCUT2D eigenvalue weighted by Crippen LogP contribution is -2.42. The number of aromatic nitrogens is 1. The van der Waals surface area contributed by atoms with E-state index in [1.807, 2.05) is 12.1 Å². The molecule has 0 aliphatic carbocycles. The smallest absolute Gasteiger partial charge is 0.244 e. The zero-order valence-electron chi connectivity index (χ0n) is 9.89. The lowest BCUT2D eigenvalue weighted by atomic mass is 10.1. The largest absolute Gasteiger partial charge is 0.320 e. The van der Waals surface area contributed by atoms with Crippen molar-refractivity contribution in [1.82, 2.24) is 4.98 Å². The van der Waals surface area contributed by atoms with E-state index in [4.69, 9.17) is 5.73 Å². The summed E-state index contributed by atoms with van der Waals surface area (Å²) in [6, 6.07) is 5.04. The van der Waals surface area contributed by atoms with E-state index in [-0.39, 0.29) is 5.91 Å². The van der Waals surface area contributed by atoms with E-state index in [0.29, 0.717) is 5.82 Å². The summed E-state index contributed by atoms with van der Waals surface area (Å²) in [7, 11) is 1.70. The summed E-state index contributed by atoms with van der Waals surface area (Å²) in [6.07, 6.45) is 4.42. The summed E-state index contributed by atoms with van der Waals surface area (Å²) in [5.41, 5.74) is 5.82. The van der Waals surface area contributed by atoms with Crippen molar-refractivity contribution in [3.05, 3.63) is 24.4 Å². The number of amides is 1. The fourth-order valence-electron chi connectivity index (χ4n) is 1.46. The summed E-state index contributed by atoms with van der Waals surface area (Å²) >= 11 is 0. The number of unbranched alkanes of at least 4 members (excludes halogenated alkanes) is 1. The first-order valence-electron chi connectivity index (χ1n) is 5.61. The van der Waals surface area contributed by atoms with Crippen LogP contribution in [0.4, 0.5) is 5.82 Å². The van der Waals surface area contributed by atoms with Crippen molar-refractivity contribution in [2.24, 2.45) is 5.73 Å². The van der Waals surface area contributed by atoms with Crippen LogP contribution in [0.5, 0.6) is 0 Å². The fourth-order valence-corrected chi connectivity index (χ4v) is 1.46. The van der Waals surface area contributed by atoms with Crippen molar-refractivity contribution < 1.29 is 4.79 Å². The van der Waals surface area contributed by atoms with Crippen LogP contribution in [0.2, 0.25) is 0 Å². The van der Waals surface area contributed by atoms with Crippen LogP contribution in [-0.2, 0) is 4.79 Å². The summed E-state index contributed by atoms with van der Waals surface area (Å²) in [4.78, 5) is 17.5. The quantitative estimate of drug-likeness (QED) is 0.821. The van der Waals surface area contributed by atoms with Crippen molar-refractivity contribution in [3.8, 4) is 0 Å². The molecule has 0 aliphatic rings. The molecule has 0 bridgehead atoms. The number of anilines is 1. The van der Waals surface area contributed by atoms with Crippen LogP contribution in [0, 0.1) is 0 Å². The minimum Gasteiger partial charge on any atom is -0.320 e. The number of nitrogens with zero attached hydrogens (tertiary/aromatic N) is 2. The third kappa shape index (κ3) is 3.31. The van der Waals surface area contributed by atoms with Gasteiger partial charge in [-0.15, -0.1) is 0 Å². The Kier molecular flexibility index (Phi) is 4.92. The van der Waals surface area contributed by atoms with Crippen molar-refractivity contribution in [2.75, 3.05) is 11.9 Å². The topological polar surface area (TPSA) is 59.2 Å². The number of carbonyl (C=O) groups excluding carboxylic acids is 1. The molecule has 16 heavy (non-hydrogen) atoms. The minimum absolute atomic E-state index is 0.0767. The molecule has 0 radical (unpaired) electrons. The van der Waals surface area contributed by atoms with Gasteiger partial charge in [0.15, 0.2) is 0 Å². The number of hydrogen-bond acceptors (Lipinski definition) is 3. The van der Waals surface area contributed by atoms with Gasteiger partial charge in [-0.1, -0.05) is 25.8 Å². The maximum absolute atomic E-state index is 11.9. The van der Waals surface area contributed by atoms with E-state index in [9.17, 15) is 4.79 Å². The number of pyridine rings is 1. The summed E-state index contributed by atoms with van der Waals surface area (Å²) in [6.45, 7) is 2.08. The molecule has 0 unspecified atom stereocenters. The molecule has 1 aromatic rings. The van der Waals surface area contributed by atoms with E-state index in [2.05, 4.69) is 11.9 Å². The average Bonchev–Trinajstić information content (AvgIpc) is 2.35. The first-order chi connectivity index (χ1) is 7.66. The Bertz CT molecular complexity index is 326. The Hall–Kier alpha value is -1.42. The molecule has 0 fully saturated rings. The molecule has 1 aromatic heterocycles. The van der Waals surface area contributed by atoms with Gasteiger partial charge in [-0.25, -0.2) is 4.98 Å². The van der Waals surface area contributed by atoms with Gasteiger partial charge in [0.05, 0.1) is 6.04 Å². The standard InChI is InChI=1S/C12H19N3O/c1-3-4-7-10(13)12(16)15(2)11-8-5-6-9-14-11/h5-6,8-10H,3-4,7,13H2,1-2H3/t10-/m0/s1. The van der Waals surface area contributed by atoms with E-state index >= 15 is 0 Å². The second-order valence-corrected chi connectivity index (χ2v) is 3.83. The highest BCUT2D eigenvalue weighted by atomic mass is 16.2. The average molecular weight is 221 g/mol. The monoisotopic (exact) mass is 221 g/mol. The van der Waals surface area contributed by atoms with Crippen LogP contribution < -0.4 is 10.6 Å². The van der Waals surface area contributed by atoms with Crippen LogP contribution in [0.1, 0.15) is 26.2 Å². The van der Waals surface area contributed by atoms with E-state index in [0.717, 1.165) is 19.3 Å². The Morgan fingerprint density at radius 3 is 2.88 bits per heavy atom. The van der Waals surface area contributed by atoms with Crippen molar-refractivity contribution in [2.45, 2.75) is 32.2 Å². The van der Waals surface area contributed by atoms with Crippen LogP contribution >= 0.6 is 0 Å². The lowest BCUT2D eigenvalue weighted by Gasteiger charge is -2.20. The molecule has 4 nitrogen and oxygen atoms in total. The fraction of sp³-hybridized carbons (Fsp3) is 0.500. The Morgan fingerprint density at radius 2 is 2.31 bits per heavy atom. The van der Waals surface area contributed by atoms with Crippen molar-refractivity contribution in [3.63, 3.8) is 0 Å². The highest BCUT2D eigenvalue weighted by Crippen LogP contribution is 2.09. The van der Waals surface area contributed by atoms with Gasteiger partial charge in [-0.05, 0) is 18.6 Å². The van der Waals surface area contributed by atoms with Gasteiger partial charge in [0.1, 0.15) is 5.82 Å². The number of carbonyl (C=O) groups is 1. The Morgan fingerprint density at radius 1 is 1.56 bits per heavy atom. The molecule has 0 aliphatic heterocycles. The summed E-state index contributed by atoms with van der Waals surface area (Å²) in [5, 5.41) is 0. The number of hydrogen-bond donors (Lipinski definition) is 1. The second-order valence-electron chi connectivity index (χ2n) is 3.83. The van der Waals surface area contributed by atoms with Gasteiger partial charge in [0.2, 0.25) is 5.91 Å². The molecule has 1 rings (SSSR count). The molecule has 1 heterocycles. The number of likely N-dealkylation sites (N-methyl/N-ethyl adjacent to an activating group) is 1. The van der Waals surface area contributed by atoms with Gasteiger partial charge in [0, 0.05) is 13.2 Å². The molecule has 1 atom stereocenters. The molecule has 0 aromatic carbocycles. The summed E-state index contributed by atoms with van der Waals surface area (Å²) < 4.78 is 0. The molecule has 0 saturated heterocycles. The Balaban J connectivity index is 2.60. The predicted molar refractivity (Wildman–Crippen MR) is 65.1 cm³/mol. The van der Waals surface area contributed by atoms with Gasteiger partial charge in [-0.3, -0.25) is 9.69 Å².